The average Bonchev–Trinajstić information content (AvgIpc) is 2.47. The Labute approximate surface area is 131 Å². The van der Waals surface area contributed by atoms with Crippen LogP contribution in [0, 0.1) is 0 Å². The van der Waals surface area contributed by atoms with Crippen LogP contribution in [0.5, 0.6) is 0 Å². The second-order valence-corrected chi connectivity index (χ2v) is 7.39. The van der Waals surface area contributed by atoms with Crippen LogP contribution >= 0.6 is 0 Å². The van der Waals surface area contributed by atoms with Crippen LogP contribution in [0.1, 0.15) is 22.8 Å². The van der Waals surface area contributed by atoms with E-state index in [9.17, 15) is 13.2 Å². The van der Waals surface area contributed by atoms with Crippen molar-refractivity contribution in [3.63, 3.8) is 0 Å². The number of ketones is 1. The summed E-state index contributed by atoms with van der Waals surface area (Å²) in [5, 5.41) is 0. The Morgan fingerprint density at radius 2 is 1.68 bits per heavy atom. The third kappa shape index (κ3) is 3.74. The molecule has 0 saturated carbocycles. The van der Waals surface area contributed by atoms with Crippen molar-refractivity contribution in [2.45, 2.75) is 17.6 Å². The van der Waals surface area contributed by atoms with E-state index >= 15 is 0 Å². The van der Waals surface area contributed by atoms with Crippen LogP contribution in [0.15, 0.2) is 53.4 Å². The van der Waals surface area contributed by atoms with E-state index in [1.807, 2.05) is 37.2 Å². The van der Waals surface area contributed by atoms with Crippen LogP contribution in [0.25, 0.3) is 0 Å². The van der Waals surface area contributed by atoms with Crippen LogP contribution in [-0.4, -0.2) is 28.3 Å². The molecule has 0 atom stereocenters. The molecule has 2 aromatic carbocycles. The Hall–Kier alpha value is -2.14. The minimum absolute atomic E-state index is 0.0614. The summed E-state index contributed by atoms with van der Waals surface area (Å²) < 4.78 is 24.9. The van der Waals surface area contributed by atoms with Crippen molar-refractivity contribution in [2.75, 3.05) is 19.0 Å². The van der Waals surface area contributed by atoms with Gasteiger partial charge in [0.05, 0.1) is 10.6 Å². The molecule has 0 heterocycles. The summed E-state index contributed by atoms with van der Waals surface area (Å²) in [5.74, 6) is -0.142. The van der Waals surface area contributed by atoms with E-state index in [2.05, 4.69) is 0 Å². The maximum atomic E-state index is 12.5. The van der Waals surface area contributed by atoms with Gasteiger partial charge in [0.2, 0.25) is 0 Å². The van der Waals surface area contributed by atoms with Gasteiger partial charge in [-0.15, -0.1) is 0 Å². The predicted octanol–water partition coefficient (Wildman–Crippen LogP) is 2.93. The molecule has 0 spiro atoms. The van der Waals surface area contributed by atoms with Crippen LogP contribution in [-0.2, 0) is 15.6 Å². The lowest BCUT2D eigenvalue weighted by Gasteiger charge is -2.13. The molecule has 116 valence electrons. The zero-order chi connectivity index (χ0) is 16.3. The number of hydrogen-bond acceptors (Lipinski definition) is 4. The number of carbonyl (C=O) groups excluding carboxylic acids is 1. The molecule has 0 fully saturated rings. The Kier molecular flexibility index (Phi) is 4.66. The fourth-order valence-corrected chi connectivity index (χ4v) is 3.46. The normalized spacial score (nSPS) is 11.2. The molecule has 0 unspecified atom stereocenters. The largest absolute Gasteiger partial charge is 0.378 e. The topological polar surface area (TPSA) is 54.5 Å². The van der Waals surface area contributed by atoms with E-state index < -0.39 is 9.84 Å². The summed E-state index contributed by atoms with van der Waals surface area (Å²) in [6.07, 6.45) is 0. The quantitative estimate of drug-likeness (QED) is 0.796. The van der Waals surface area contributed by atoms with E-state index in [-0.39, 0.29) is 16.4 Å². The summed E-state index contributed by atoms with van der Waals surface area (Å²) in [6, 6.07) is 13.5. The highest BCUT2D eigenvalue weighted by Gasteiger charge is 2.16. The lowest BCUT2D eigenvalue weighted by atomic mass is 10.2. The molecular formula is C17H19NO3S. The highest BCUT2D eigenvalue weighted by atomic mass is 32.2. The third-order valence-corrected chi connectivity index (χ3v) is 5.11. The fraction of sp³-hybridized carbons (Fsp3) is 0.235. The molecule has 0 aromatic heterocycles. The van der Waals surface area contributed by atoms with E-state index in [1.54, 1.807) is 18.2 Å². The van der Waals surface area contributed by atoms with Gasteiger partial charge in [-0.2, -0.15) is 0 Å². The Morgan fingerprint density at radius 3 is 2.23 bits per heavy atom. The number of benzene rings is 2. The molecule has 22 heavy (non-hydrogen) atoms. The van der Waals surface area contributed by atoms with Gasteiger partial charge in [-0.05, 0) is 36.8 Å². The first kappa shape index (κ1) is 16.2. The molecule has 0 bridgehead atoms. The molecule has 0 radical (unpaired) electrons. The monoisotopic (exact) mass is 317 g/mol. The van der Waals surface area contributed by atoms with Crippen LogP contribution in [0.4, 0.5) is 5.69 Å². The summed E-state index contributed by atoms with van der Waals surface area (Å²) in [6.45, 7) is 1.45. The third-order valence-electron chi connectivity index (χ3n) is 3.40. The smallest absolute Gasteiger partial charge is 0.182 e. The lowest BCUT2D eigenvalue weighted by Crippen LogP contribution is -2.10. The molecule has 0 aliphatic carbocycles. The maximum Gasteiger partial charge on any atom is 0.182 e. The summed E-state index contributed by atoms with van der Waals surface area (Å²) in [7, 11) is 0.394. The summed E-state index contributed by atoms with van der Waals surface area (Å²) in [4.78, 5) is 13.4. The van der Waals surface area contributed by atoms with Gasteiger partial charge in [0.1, 0.15) is 0 Å². The number of nitrogens with zero attached hydrogens (tertiary/aromatic N) is 1. The van der Waals surface area contributed by atoms with E-state index in [1.165, 1.54) is 19.1 Å². The molecule has 0 N–H and O–H groups in total. The zero-order valence-corrected chi connectivity index (χ0v) is 13.7. The van der Waals surface area contributed by atoms with Crippen molar-refractivity contribution < 1.29 is 13.2 Å². The van der Waals surface area contributed by atoms with Gasteiger partial charge in [-0.25, -0.2) is 8.42 Å². The molecule has 2 rings (SSSR count). The van der Waals surface area contributed by atoms with Crippen LogP contribution < -0.4 is 4.90 Å². The first-order valence-electron chi connectivity index (χ1n) is 6.89. The molecule has 0 saturated heterocycles. The van der Waals surface area contributed by atoms with Crippen molar-refractivity contribution in [1.82, 2.24) is 0 Å². The Bertz CT molecular complexity index is 778. The minimum Gasteiger partial charge on any atom is -0.378 e. The predicted molar refractivity (Wildman–Crippen MR) is 88.1 cm³/mol. The Morgan fingerprint density at radius 1 is 1.05 bits per heavy atom. The number of rotatable bonds is 5. The molecule has 4 nitrogen and oxygen atoms in total. The number of hydrogen-bond donors (Lipinski definition) is 0. The second kappa shape index (κ2) is 6.32. The van der Waals surface area contributed by atoms with E-state index in [0.29, 0.717) is 5.56 Å². The molecular weight excluding hydrogens is 298 g/mol. The molecule has 0 amide bonds. The number of Topliss-reactive ketones (excluding diaryl/α,β-unsaturated/α-hetero) is 1. The van der Waals surface area contributed by atoms with Crippen molar-refractivity contribution in [3.8, 4) is 0 Å². The highest BCUT2D eigenvalue weighted by molar-refractivity contribution is 7.90. The van der Waals surface area contributed by atoms with Gasteiger partial charge >= 0.3 is 0 Å². The average molecular weight is 317 g/mol. The van der Waals surface area contributed by atoms with Crippen molar-refractivity contribution in [1.29, 1.82) is 0 Å². The highest BCUT2D eigenvalue weighted by Crippen LogP contribution is 2.20. The number of sulfone groups is 1. The standard InChI is InChI=1S/C17H19NO3S/c1-13(19)15-7-9-17(10-8-15)22(20,21)12-14-5-4-6-16(11-14)18(2)3/h4-11H,12H2,1-3H3. The van der Waals surface area contributed by atoms with Gasteiger partial charge in [-0.3, -0.25) is 4.79 Å². The van der Waals surface area contributed by atoms with Crippen molar-refractivity contribution in [2.24, 2.45) is 0 Å². The van der Waals surface area contributed by atoms with Crippen LogP contribution in [0.3, 0.4) is 0 Å². The molecule has 5 heteroatoms. The molecule has 0 aliphatic heterocycles. The Balaban J connectivity index is 2.27. The van der Waals surface area contributed by atoms with Gasteiger partial charge in [-0.1, -0.05) is 24.3 Å². The van der Waals surface area contributed by atoms with Crippen molar-refractivity contribution in [3.05, 3.63) is 59.7 Å². The first-order chi connectivity index (χ1) is 10.3. The zero-order valence-electron chi connectivity index (χ0n) is 12.9. The first-order valence-corrected chi connectivity index (χ1v) is 8.55. The maximum absolute atomic E-state index is 12.5. The SMILES string of the molecule is CC(=O)c1ccc(S(=O)(=O)Cc2cccc(N(C)C)c2)cc1. The van der Waals surface area contributed by atoms with Crippen LogP contribution in [0.2, 0.25) is 0 Å². The second-order valence-electron chi connectivity index (χ2n) is 5.40. The van der Waals surface area contributed by atoms with Gasteiger partial charge < -0.3 is 4.90 Å². The van der Waals surface area contributed by atoms with Gasteiger partial charge in [0, 0.05) is 25.3 Å². The fourth-order valence-electron chi connectivity index (χ4n) is 2.12. The number of anilines is 1. The lowest BCUT2D eigenvalue weighted by molar-refractivity contribution is 0.101. The summed E-state index contributed by atoms with van der Waals surface area (Å²) in [5.41, 5.74) is 2.20. The summed E-state index contributed by atoms with van der Waals surface area (Å²) >= 11 is 0. The minimum atomic E-state index is -3.43. The number of carbonyl (C=O) groups is 1. The molecule has 2 aromatic rings. The van der Waals surface area contributed by atoms with E-state index in [0.717, 1.165) is 11.3 Å². The van der Waals surface area contributed by atoms with Gasteiger partial charge in [0.25, 0.3) is 0 Å². The molecule has 0 aliphatic rings. The van der Waals surface area contributed by atoms with E-state index in [4.69, 9.17) is 0 Å². The van der Waals surface area contributed by atoms with Gasteiger partial charge in [0.15, 0.2) is 15.6 Å². The van der Waals surface area contributed by atoms with Crippen molar-refractivity contribution >= 4 is 21.3 Å².